The third kappa shape index (κ3) is 4.50. The number of hydrogen-bond acceptors (Lipinski definition) is 2. The van der Waals surface area contributed by atoms with Crippen LogP contribution in [0.15, 0.2) is 48.5 Å². The Balaban J connectivity index is 1.88. The summed E-state index contributed by atoms with van der Waals surface area (Å²) in [6.07, 6.45) is 1.09. The van der Waals surface area contributed by atoms with Crippen molar-refractivity contribution in [1.29, 1.82) is 0 Å². The lowest BCUT2D eigenvalue weighted by Crippen LogP contribution is -2.20. The van der Waals surface area contributed by atoms with Gasteiger partial charge in [0, 0.05) is 5.69 Å². The van der Waals surface area contributed by atoms with Gasteiger partial charge in [0.25, 0.3) is 5.91 Å². The van der Waals surface area contributed by atoms with Crippen molar-refractivity contribution in [3.05, 3.63) is 59.1 Å². The number of hydrogen-bond donors (Lipinski definition) is 1. The van der Waals surface area contributed by atoms with E-state index in [1.165, 1.54) is 5.56 Å². The largest absolute Gasteiger partial charge is 0.482 e. The molecular weight excluding hydrogens is 298 g/mol. The van der Waals surface area contributed by atoms with E-state index in [1.807, 2.05) is 36.4 Å². The fourth-order valence-corrected chi connectivity index (χ4v) is 2.22. The lowest BCUT2D eigenvalue weighted by molar-refractivity contribution is -0.118. The Morgan fingerprint density at radius 1 is 1.18 bits per heavy atom. The van der Waals surface area contributed by atoms with Gasteiger partial charge in [0.2, 0.25) is 0 Å². The van der Waals surface area contributed by atoms with Gasteiger partial charge in [-0.1, -0.05) is 49.7 Å². The van der Waals surface area contributed by atoms with Crippen LogP contribution in [0, 0.1) is 0 Å². The van der Waals surface area contributed by atoms with Crippen LogP contribution in [0.4, 0.5) is 5.69 Å². The first-order chi connectivity index (χ1) is 10.6. The molecular formula is C18H20ClNO2. The van der Waals surface area contributed by atoms with Crippen molar-refractivity contribution in [3.63, 3.8) is 0 Å². The highest BCUT2D eigenvalue weighted by Crippen LogP contribution is 2.23. The van der Waals surface area contributed by atoms with Gasteiger partial charge in [0.15, 0.2) is 6.61 Å². The maximum Gasteiger partial charge on any atom is 0.262 e. The van der Waals surface area contributed by atoms with E-state index in [-0.39, 0.29) is 12.5 Å². The Morgan fingerprint density at radius 3 is 2.50 bits per heavy atom. The molecule has 0 unspecified atom stereocenters. The Labute approximate surface area is 136 Å². The molecule has 0 aliphatic carbocycles. The average Bonchev–Trinajstić information content (AvgIpc) is 2.54. The van der Waals surface area contributed by atoms with Gasteiger partial charge >= 0.3 is 0 Å². The maximum absolute atomic E-state index is 11.9. The van der Waals surface area contributed by atoms with Crippen molar-refractivity contribution in [2.24, 2.45) is 0 Å². The summed E-state index contributed by atoms with van der Waals surface area (Å²) < 4.78 is 5.41. The first kappa shape index (κ1) is 16.4. The molecule has 1 N–H and O–H groups in total. The fourth-order valence-electron chi connectivity index (χ4n) is 2.03. The van der Waals surface area contributed by atoms with E-state index in [2.05, 4.69) is 19.2 Å². The molecule has 2 rings (SSSR count). The first-order valence-corrected chi connectivity index (χ1v) is 7.75. The minimum Gasteiger partial charge on any atom is -0.482 e. The Kier molecular flexibility index (Phi) is 5.84. The Morgan fingerprint density at radius 2 is 1.86 bits per heavy atom. The van der Waals surface area contributed by atoms with Crippen LogP contribution >= 0.6 is 11.6 Å². The molecule has 0 fully saturated rings. The topological polar surface area (TPSA) is 38.3 Å². The first-order valence-electron chi connectivity index (χ1n) is 7.37. The van der Waals surface area contributed by atoms with Gasteiger partial charge < -0.3 is 10.1 Å². The highest BCUT2D eigenvalue weighted by Gasteiger charge is 2.07. The molecule has 0 bridgehead atoms. The molecule has 1 atom stereocenters. The SMILES string of the molecule is CC[C@@H](C)c1ccc(NC(=O)COc2ccccc2Cl)cc1. The van der Waals surface area contributed by atoms with Gasteiger partial charge in [0.1, 0.15) is 5.75 Å². The number of carbonyl (C=O) groups excluding carboxylic acids is 1. The number of nitrogens with one attached hydrogen (secondary N) is 1. The van der Waals surface area contributed by atoms with Crippen molar-refractivity contribution in [2.45, 2.75) is 26.2 Å². The van der Waals surface area contributed by atoms with E-state index in [1.54, 1.807) is 12.1 Å². The number of halogens is 1. The molecule has 1 amide bonds. The summed E-state index contributed by atoms with van der Waals surface area (Å²) in [6.45, 7) is 4.27. The van der Waals surface area contributed by atoms with Gasteiger partial charge in [-0.3, -0.25) is 4.79 Å². The quantitative estimate of drug-likeness (QED) is 0.825. The summed E-state index contributed by atoms with van der Waals surface area (Å²) in [4.78, 5) is 11.9. The molecule has 0 saturated carbocycles. The average molecular weight is 318 g/mol. The molecule has 0 saturated heterocycles. The molecule has 0 radical (unpaired) electrons. The van der Waals surface area contributed by atoms with Crippen LogP contribution in [0.2, 0.25) is 5.02 Å². The van der Waals surface area contributed by atoms with Crippen molar-refractivity contribution in [1.82, 2.24) is 0 Å². The number of carbonyl (C=O) groups is 1. The number of anilines is 1. The Hall–Kier alpha value is -2.00. The number of amides is 1. The lowest BCUT2D eigenvalue weighted by atomic mass is 9.99. The monoisotopic (exact) mass is 317 g/mol. The van der Waals surface area contributed by atoms with Crippen LogP contribution < -0.4 is 10.1 Å². The molecule has 2 aromatic carbocycles. The second kappa shape index (κ2) is 7.85. The standard InChI is InChI=1S/C18H20ClNO2/c1-3-13(2)14-8-10-15(11-9-14)20-18(21)12-22-17-7-5-4-6-16(17)19/h4-11,13H,3,12H2,1-2H3,(H,20,21)/t13-/m1/s1. The second-order valence-electron chi connectivity index (χ2n) is 5.20. The molecule has 0 spiro atoms. The summed E-state index contributed by atoms with van der Waals surface area (Å²) in [5.74, 6) is 0.816. The maximum atomic E-state index is 11.9. The summed E-state index contributed by atoms with van der Waals surface area (Å²) in [7, 11) is 0. The van der Waals surface area contributed by atoms with Crippen LogP contribution in [0.25, 0.3) is 0 Å². The van der Waals surface area contributed by atoms with E-state index in [4.69, 9.17) is 16.3 Å². The lowest BCUT2D eigenvalue weighted by Gasteiger charge is -2.11. The molecule has 2 aromatic rings. The minimum atomic E-state index is -0.212. The minimum absolute atomic E-state index is 0.0726. The van der Waals surface area contributed by atoms with Gasteiger partial charge in [-0.05, 0) is 42.2 Å². The van der Waals surface area contributed by atoms with Crippen molar-refractivity contribution in [2.75, 3.05) is 11.9 Å². The fraction of sp³-hybridized carbons (Fsp3) is 0.278. The van der Waals surface area contributed by atoms with Crippen LogP contribution in [0.5, 0.6) is 5.75 Å². The van der Waals surface area contributed by atoms with Gasteiger partial charge in [0.05, 0.1) is 5.02 Å². The Bertz CT molecular complexity index is 625. The van der Waals surface area contributed by atoms with Crippen molar-refractivity contribution in [3.8, 4) is 5.75 Å². The predicted octanol–water partition coefficient (Wildman–Crippen LogP) is 4.87. The highest BCUT2D eigenvalue weighted by molar-refractivity contribution is 6.32. The van der Waals surface area contributed by atoms with Crippen LogP contribution in [0.3, 0.4) is 0 Å². The summed E-state index contributed by atoms with van der Waals surface area (Å²) in [5.41, 5.74) is 2.03. The van der Waals surface area contributed by atoms with E-state index >= 15 is 0 Å². The molecule has 0 aromatic heterocycles. The second-order valence-corrected chi connectivity index (χ2v) is 5.61. The van der Waals surface area contributed by atoms with Crippen molar-refractivity contribution < 1.29 is 9.53 Å². The molecule has 22 heavy (non-hydrogen) atoms. The van der Waals surface area contributed by atoms with Gasteiger partial charge in [-0.2, -0.15) is 0 Å². The number of benzene rings is 2. The third-order valence-corrected chi connectivity index (χ3v) is 3.88. The summed E-state index contributed by atoms with van der Waals surface area (Å²) in [5, 5.41) is 3.30. The van der Waals surface area contributed by atoms with E-state index in [9.17, 15) is 4.79 Å². The molecule has 3 nitrogen and oxygen atoms in total. The molecule has 0 heterocycles. The number of rotatable bonds is 6. The summed E-state index contributed by atoms with van der Waals surface area (Å²) in [6, 6.07) is 15.0. The highest BCUT2D eigenvalue weighted by atomic mass is 35.5. The molecule has 116 valence electrons. The van der Waals surface area contributed by atoms with Crippen LogP contribution in [-0.4, -0.2) is 12.5 Å². The molecule has 4 heteroatoms. The van der Waals surface area contributed by atoms with E-state index in [0.29, 0.717) is 16.7 Å². The van der Waals surface area contributed by atoms with Crippen molar-refractivity contribution >= 4 is 23.2 Å². The van der Waals surface area contributed by atoms with Crippen LogP contribution in [-0.2, 0) is 4.79 Å². The normalized spacial score (nSPS) is 11.8. The van der Waals surface area contributed by atoms with Gasteiger partial charge in [-0.15, -0.1) is 0 Å². The molecule has 0 aliphatic heterocycles. The smallest absolute Gasteiger partial charge is 0.262 e. The number of para-hydroxylation sites is 1. The van der Waals surface area contributed by atoms with Gasteiger partial charge in [-0.25, -0.2) is 0 Å². The summed E-state index contributed by atoms with van der Waals surface area (Å²) >= 11 is 5.97. The molecule has 0 aliphatic rings. The zero-order valence-corrected chi connectivity index (χ0v) is 13.6. The predicted molar refractivity (Wildman–Crippen MR) is 90.7 cm³/mol. The third-order valence-electron chi connectivity index (χ3n) is 3.57. The van der Waals surface area contributed by atoms with E-state index < -0.39 is 0 Å². The zero-order valence-electron chi connectivity index (χ0n) is 12.8. The zero-order chi connectivity index (χ0) is 15.9. The van der Waals surface area contributed by atoms with E-state index in [0.717, 1.165) is 12.1 Å². The number of ether oxygens (including phenoxy) is 1. The van der Waals surface area contributed by atoms with Crippen LogP contribution in [0.1, 0.15) is 31.7 Å².